The molecule has 0 spiro atoms. The van der Waals surface area contributed by atoms with Gasteiger partial charge in [0.1, 0.15) is 0 Å². The lowest BCUT2D eigenvalue weighted by Gasteiger charge is -2.43. The van der Waals surface area contributed by atoms with Crippen LogP contribution in [0.4, 0.5) is 0 Å². The van der Waals surface area contributed by atoms with Crippen molar-refractivity contribution >= 4 is 54.5 Å². The second-order valence-electron chi connectivity index (χ2n) is 12.7. The summed E-state index contributed by atoms with van der Waals surface area (Å²) in [5.74, 6) is 0.621. The smallest absolute Gasteiger partial charge is 0.458 e. The highest BCUT2D eigenvalue weighted by molar-refractivity contribution is 14.1. The first-order chi connectivity index (χ1) is 21.5. The molecule has 0 fully saturated rings. The summed E-state index contributed by atoms with van der Waals surface area (Å²) in [4.78, 5) is 0. The lowest BCUT2D eigenvalue weighted by molar-refractivity contribution is 0.180. The normalized spacial score (nSPS) is 16.0. The number of methoxy groups -OCH3 is 1. The third-order valence-electron chi connectivity index (χ3n) is 8.44. The van der Waals surface area contributed by atoms with Gasteiger partial charge in [-0.15, -0.1) is 0 Å². The molecule has 238 valence electrons. The minimum atomic E-state index is -2.73. The summed E-state index contributed by atoms with van der Waals surface area (Å²) in [7, 11) is -2.01. The molecular weight excluding hydrogens is 690 g/mol. The van der Waals surface area contributed by atoms with Crippen LogP contribution in [0.5, 0.6) is 11.5 Å². The first-order valence-electron chi connectivity index (χ1n) is 15.7. The van der Waals surface area contributed by atoms with E-state index in [1.165, 1.54) is 15.9 Å². The van der Waals surface area contributed by atoms with Gasteiger partial charge < -0.3 is 23.9 Å². The summed E-state index contributed by atoms with van der Waals surface area (Å²) in [6.45, 7) is 13.9. The van der Waals surface area contributed by atoms with Crippen LogP contribution < -0.4 is 15.1 Å². The van der Waals surface area contributed by atoms with Crippen molar-refractivity contribution in [3.63, 3.8) is 0 Å². The van der Waals surface area contributed by atoms with Crippen LogP contribution in [0.2, 0.25) is 11.4 Å². The van der Waals surface area contributed by atoms with Gasteiger partial charge in [-0.2, -0.15) is 0 Å². The third kappa shape index (κ3) is 8.40. The number of hydrogen-bond acceptors (Lipinski definition) is 5. The topological polar surface area (TPSA) is 68.2 Å². The van der Waals surface area contributed by atoms with E-state index in [1.54, 1.807) is 7.11 Å². The van der Waals surface area contributed by atoms with E-state index in [-0.39, 0.29) is 16.9 Å². The zero-order valence-electron chi connectivity index (χ0n) is 27.2. The van der Waals surface area contributed by atoms with Crippen LogP contribution in [-0.4, -0.2) is 45.4 Å². The number of halogens is 1. The molecule has 0 saturated heterocycles. The predicted octanol–water partition coefficient (Wildman–Crippen LogP) is 7.91. The maximum absolute atomic E-state index is 10.5. The van der Waals surface area contributed by atoms with Gasteiger partial charge in [-0.1, -0.05) is 119 Å². The Bertz CT molecular complexity index is 1460. The van der Waals surface area contributed by atoms with Crippen molar-refractivity contribution in [2.45, 2.75) is 70.8 Å². The summed E-state index contributed by atoms with van der Waals surface area (Å²) in [5, 5.41) is 23.1. The van der Waals surface area contributed by atoms with Gasteiger partial charge in [-0.3, -0.25) is 0 Å². The molecule has 8 heteroatoms. The average Bonchev–Trinajstić information content (AvgIpc) is 3.02. The molecule has 1 aliphatic heterocycles. The molecule has 0 aliphatic carbocycles. The molecule has 0 aromatic heterocycles. The van der Waals surface area contributed by atoms with Gasteiger partial charge in [0, 0.05) is 6.32 Å². The fourth-order valence-corrected chi connectivity index (χ4v) is 11.5. The van der Waals surface area contributed by atoms with Crippen LogP contribution in [0, 0.1) is 3.57 Å². The highest BCUT2D eigenvalue weighted by Gasteiger charge is 2.50. The van der Waals surface area contributed by atoms with Crippen molar-refractivity contribution < 1.29 is 23.9 Å². The van der Waals surface area contributed by atoms with E-state index in [0.717, 1.165) is 39.5 Å². The molecule has 1 unspecified atom stereocenters. The fourth-order valence-electron chi connectivity index (χ4n) is 6.29. The Balaban J connectivity index is 1.58. The monoisotopic (exact) mass is 736 g/mol. The Morgan fingerprint density at radius 3 is 2.24 bits per heavy atom. The quantitative estimate of drug-likeness (QED) is 0.138. The number of phenols is 1. The van der Waals surface area contributed by atoms with E-state index in [9.17, 15) is 10.1 Å². The van der Waals surface area contributed by atoms with E-state index in [1.807, 2.05) is 12.1 Å². The Hall–Kier alpha value is -2.63. The molecular formula is C37H46BIO5Si. The van der Waals surface area contributed by atoms with E-state index >= 15 is 0 Å². The molecule has 0 saturated carbocycles. The molecule has 0 radical (unpaired) electrons. The molecule has 3 aromatic rings. The van der Waals surface area contributed by atoms with Gasteiger partial charge >= 0.3 is 7.12 Å². The first kappa shape index (κ1) is 35.2. The van der Waals surface area contributed by atoms with Crippen molar-refractivity contribution in [2.75, 3.05) is 13.7 Å². The maximum Gasteiger partial charge on any atom is 0.458 e. The van der Waals surface area contributed by atoms with Gasteiger partial charge in [-0.25, -0.2) is 0 Å². The van der Waals surface area contributed by atoms with Crippen molar-refractivity contribution in [1.82, 2.24) is 0 Å². The first-order valence-corrected chi connectivity index (χ1v) is 18.7. The van der Waals surface area contributed by atoms with Crippen LogP contribution in [0.15, 0.2) is 102 Å². The molecule has 4 rings (SSSR count). The molecule has 2 N–H and O–H groups in total. The number of benzene rings is 3. The zero-order valence-corrected chi connectivity index (χ0v) is 30.3. The maximum atomic E-state index is 10.5. The fraction of sp³-hybridized carbons (Fsp3) is 0.351. The van der Waals surface area contributed by atoms with Crippen molar-refractivity contribution in [3.8, 4) is 11.5 Å². The van der Waals surface area contributed by atoms with E-state index < -0.39 is 15.4 Å². The summed E-state index contributed by atoms with van der Waals surface area (Å²) in [5.41, 5.74) is 4.16. The largest absolute Gasteiger partial charge is 0.504 e. The van der Waals surface area contributed by atoms with Crippen LogP contribution in [0.1, 0.15) is 58.9 Å². The lowest BCUT2D eigenvalue weighted by atomic mass is 9.78. The van der Waals surface area contributed by atoms with E-state index in [4.69, 9.17) is 13.8 Å². The molecule has 3 aromatic carbocycles. The van der Waals surface area contributed by atoms with Crippen molar-refractivity contribution in [2.24, 2.45) is 0 Å². The van der Waals surface area contributed by atoms with Gasteiger partial charge in [0.2, 0.25) is 0 Å². The molecule has 1 atom stereocenters. The Labute approximate surface area is 284 Å². The van der Waals surface area contributed by atoms with E-state index in [2.05, 4.69) is 130 Å². The number of ether oxygens (including phenoxy) is 1. The number of hydrogen-bond donors (Lipinski definition) is 2. The standard InChI is InChI=1S/C37H46BIO5Si/c1-7-14-28(23-29-24-33(39)36(40)35(25-29)42-6)19-20-34-32(21-22-38(41)44-34)27(2)26-43-45(37(3,4)5,30-15-10-8-11-16-30)31-17-12-9-13-18-31/h8-13,15-18,21,23-25,34,40-41H,2,7,14,19-20,22,26H2,1,3-6H3/b28-23+. The number of rotatable bonds is 13. The Morgan fingerprint density at radius 1 is 1.07 bits per heavy atom. The average molecular weight is 737 g/mol. The van der Waals surface area contributed by atoms with Crippen LogP contribution in [0.25, 0.3) is 6.08 Å². The molecule has 1 heterocycles. The Morgan fingerprint density at radius 2 is 1.69 bits per heavy atom. The highest BCUT2D eigenvalue weighted by atomic mass is 127. The van der Waals surface area contributed by atoms with E-state index in [0.29, 0.717) is 25.1 Å². The van der Waals surface area contributed by atoms with Crippen molar-refractivity contribution in [3.05, 3.63) is 111 Å². The highest BCUT2D eigenvalue weighted by Crippen LogP contribution is 2.38. The minimum Gasteiger partial charge on any atom is -0.504 e. The summed E-state index contributed by atoms with van der Waals surface area (Å²) in [6, 6.07) is 25.1. The number of aromatic hydroxyl groups is 1. The predicted molar refractivity (Wildman–Crippen MR) is 198 cm³/mol. The third-order valence-corrected chi connectivity index (χ3v) is 14.2. The molecule has 0 amide bonds. The van der Waals surface area contributed by atoms with Gasteiger partial charge in [-0.05, 0) is 86.1 Å². The van der Waals surface area contributed by atoms with Crippen LogP contribution in [0.3, 0.4) is 0 Å². The molecule has 0 bridgehead atoms. The zero-order chi connectivity index (χ0) is 32.6. The molecule has 45 heavy (non-hydrogen) atoms. The summed E-state index contributed by atoms with van der Waals surface area (Å²) in [6.07, 6.45) is 7.83. The SMILES string of the molecule is C=C(CO[Si](c1ccccc1)(c1ccccc1)C(C)(C)C)C1=CCB(O)OC1CC/C(=C/c1cc(I)c(O)c(OC)c1)CCC. The lowest BCUT2D eigenvalue weighted by Crippen LogP contribution is -2.66. The molecule has 1 aliphatic rings. The molecule has 5 nitrogen and oxygen atoms in total. The summed E-state index contributed by atoms with van der Waals surface area (Å²) >= 11 is 2.13. The number of allylic oxidation sites excluding steroid dienone is 2. The van der Waals surface area contributed by atoms with Gasteiger partial charge in [0.05, 0.1) is 23.4 Å². The van der Waals surface area contributed by atoms with Gasteiger partial charge in [0.15, 0.2) is 11.5 Å². The number of phenolic OH excluding ortho intramolecular Hbond substituents is 1. The minimum absolute atomic E-state index is 0.141. The Kier molecular flexibility index (Phi) is 12.4. The summed E-state index contributed by atoms with van der Waals surface area (Å²) < 4.78 is 19.4. The van der Waals surface area contributed by atoms with Gasteiger partial charge in [0.25, 0.3) is 8.32 Å². The van der Waals surface area contributed by atoms with Crippen molar-refractivity contribution in [1.29, 1.82) is 0 Å². The second kappa shape index (κ2) is 15.8. The second-order valence-corrected chi connectivity index (χ2v) is 18.1. The van der Waals surface area contributed by atoms with Crippen LogP contribution >= 0.6 is 22.6 Å². The van der Waals surface area contributed by atoms with Crippen LogP contribution in [-0.2, 0) is 9.08 Å².